The monoisotopic (exact) mass is 318 g/mol. The second kappa shape index (κ2) is 5.14. The van der Waals surface area contributed by atoms with E-state index in [9.17, 15) is 25.2 Å². The van der Waals surface area contributed by atoms with E-state index in [1.807, 2.05) is 0 Å². The first-order valence-electron chi connectivity index (χ1n) is 7.33. The highest BCUT2D eigenvalue weighted by atomic mass is 16.3. The molecule has 0 spiro atoms. The minimum absolute atomic E-state index is 0.125. The van der Waals surface area contributed by atoms with Crippen LogP contribution in [-0.4, -0.2) is 32.2 Å². The molecule has 1 aromatic carbocycles. The van der Waals surface area contributed by atoms with E-state index in [2.05, 4.69) is 5.10 Å². The summed E-state index contributed by atoms with van der Waals surface area (Å²) in [5.41, 5.74) is 1.16. The van der Waals surface area contributed by atoms with Crippen LogP contribution in [0.25, 0.3) is 0 Å². The molecule has 3 N–H and O–H groups in total. The molecule has 1 fully saturated rings. The number of nitrogens with one attached hydrogen (secondary N) is 1. The number of rotatable bonds is 2. The summed E-state index contributed by atoms with van der Waals surface area (Å²) in [7, 11) is 1.53. The third-order valence-electron chi connectivity index (χ3n) is 4.71. The summed E-state index contributed by atoms with van der Waals surface area (Å²) in [4.78, 5) is 12.1. The molecule has 2 aromatic rings. The molecule has 0 saturated heterocycles. The Morgan fingerprint density at radius 1 is 1.09 bits per heavy atom. The van der Waals surface area contributed by atoms with Gasteiger partial charge in [-0.3, -0.25) is 14.6 Å². The summed E-state index contributed by atoms with van der Waals surface area (Å²) >= 11 is 0. The SMILES string of the molecule is Cc1cc(O)cc(O)c1C1C([O-])C(c2c(C)[nH]n(C)c2=O)C1[O-]. The van der Waals surface area contributed by atoms with Crippen molar-refractivity contribution in [3.63, 3.8) is 0 Å². The van der Waals surface area contributed by atoms with E-state index >= 15 is 0 Å². The van der Waals surface area contributed by atoms with Crippen LogP contribution in [0.5, 0.6) is 11.5 Å². The van der Waals surface area contributed by atoms with Crippen LogP contribution in [0.3, 0.4) is 0 Å². The molecule has 0 amide bonds. The Hall–Kier alpha value is -2.25. The summed E-state index contributed by atoms with van der Waals surface area (Å²) < 4.78 is 1.25. The molecule has 124 valence electrons. The lowest BCUT2D eigenvalue weighted by Crippen LogP contribution is -2.64. The fourth-order valence-electron chi connectivity index (χ4n) is 3.62. The second-order valence-corrected chi connectivity index (χ2v) is 6.19. The van der Waals surface area contributed by atoms with Crippen LogP contribution in [-0.2, 0) is 7.05 Å². The van der Waals surface area contributed by atoms with Gasteiger partial charge in [0.15, 0.2) is 0 Å². The van der Waals surface area contributed by atoms with Crippen LogP contribution in [0.4, 0.5) is 0 Å². The Labute approximate surface area is 132 Å². The van der Waals surface area contributed by atoms with Crippen molar-refractivity contribution < 1.29 is 20.4 Å². The van der Waals surface area contributed by atoms with Gasteiger partial charge in [-0.25, -0.2) is 0 Å². The van der Waals surface area contributed by atoms with Crippen molar-refractivity contribution in [2.75, 3.05) is 0 Å². The van der Waals surface area contributed by atoms with E-state index in [1.165, 1.54) is 17.8 Å². The van der Waals surface area contributed by atoms with Gasteiger partial charge in [-0.1, -0.05) is 0 Å². The fraction of sp³-hybridized carbons (Fsp3) is 0.438. The van der Waals surface area contributed by atoms with Crippen molar-refractivity contribution in [3.05, 3.63) is 44.9 Å². The number of nitrogens with zero attached hydrogens (tertiary/aromatic N) is 1. The number of aromatic nitrogens is 2. The number of phenolic OH excluding ortho intramolecular Hbond substituents is 2. The molecule has 0 radical (unpaired) electrons. The molecule has 1 saturated carbocycles. The molecule has 1 aliphatic rings. The van der Waals surface area contributed by atoms with Crippen molar-refractivity contribution in [3.8, 4) is 11.5 Å². The van der Waals surface area contributed by atoms with Gasteiger partial charge in [-0.05, 0) is 42.9 Å². The maximum atomic E-state index is 12.6. The number of aromatic amines is 1. The molecule has 0 aliphatic heterocycles. The molecule has 1 heterocycles. The lowest BCUT2D eigenvalue weighted by Gasteiger charge is -2.61. The third-order valence-corrected chi connectivity index (χ3v) is 4.71. The fourth-order valence-corrected chi connectivity index (χ4v) is 3.62. The average Bonchev–Trinajstić information content (AvgIpc) is 2.69. The topological polar surface area (TPSA) is 124 Å². The maximum Gasteiger partial charge on any atom is 0.269 e. The van der Waals surface area contributed by atoms with E-state index in [-0.39, 0.29) is 28.2 Å². The predicted octanol–water partition coefficient (Wildman–Crippen LogP) is -0.920. The minimum atomic E-state index is -1.31. The zero-order valence-corrected chi connectivity index (χ0v) is 13.0. The van der Waals surface area contributed by atoms with Gasteiger partial charge in [0.2, 0.25) is 0 Å². The zero-order chi connectivity index (χ0) is 17.0. The Bertz CT molecular complexity index is 789. The first-order valence-corrected chi connectivity index (χ1v) is 7.33. The van der Waals surface area contributed by atoms with Crippen molar-refractivity contribution in [1.29, 1.82) is 0 Å². The molecule has 2 atom stereocenters. The molecule has 7 heteroatoms. The maximum absolute atomic E-state index is 12.6. The summed E-state index contributed by atoms with van der Waals surface area (Å²) in [5.74, 6) is -2.25. The minimum Gasteiger partial charge on any atom is -0.851 e. The van der Waals surface area contributed by atoms with Crippen LogP contribution >= 0.6 is 0 Å². The van der Waals surface area contributed by atoms with E-state index < -0.39 is 24.0 Å². The van der Waals surface area contributed by atoms with Crippen LogP contribution in [0.2, 0.25) is 0 Å². The van der Waals surface area contributed by atoms with Crippen molar-refractivity contribution in [2.24, 2.45) is 7.05 Å². The number of hydrogen-bond acceptors (Lipinski definition) is 5. The van der Waals surface area contributed by atoms with Crippen LogP contribution < -0.4 is 15.8 Å². The lowest BCUT2D eigenvalue weighted by molar-refractivity contribution is -0.536. The first-order chi connectivity index (χ1) is 10.7. The molecule has 2 unspecified atom stereocenters. The van der Waals surface area contributed by atoms with Crippen LogP contribution in [0, 0.1) is 13.8 Å². The molecule has 1 aliphatic carbocycles. The van der Waals surface area contributed by atoms with Gasteiger partial charge >= 0.3 is 0 Å². The largest absolute Gasteiger partial charge is 0.851 e. The molecular weight excluding hydrogens is 300 g/mol. The summed E-state index contributed by atoms with van der Waals surface area (Å²) in [5, 5.41) is 47.5. The number of phenols is 2. The highest BCUT2D eigenvalue weighted by Crippen LogP contribution is 2.49. The molecule has 1 aromatic heterocycles. The molecule has 3 rings (SSSR count). The van der Waals surface area contributed by atoms with Gasteiger partial charge in [0, 0.05) is 24.4 Å². The van der Waals surface area contributed by atoms with Crippen LogP contribution in [0.15, 0.2) is 16.9 Å². The smallest absolute Gasteiger partial charge is 0.269 e. The van der Waals surface area contributed by atoms with Gasteiger partial charge in [0.25, 0.3) is 5.56 Å². The Morgan fingerprint density at radius 2 is 1.65 bits per heavy atom. The Kier molecular flexibility index (Phi) is 3.50. The molecule has 7 nitrogen and oxygen atoms in total. The lowest BCUT2D eigenvalue weighted by atomic mass is 9.62. The number of aromatic hydroxyl groups is 2. The number of benzene rings is 1. The first kappa shape index (κ1) is 15.6. The van der Waals surface area contributed by atoms with E-state index in [0.29, 0.717) is 11.3 Å². The summed E-state index contributed by atoms with van der Waals surface area (Å²) in [6.07, 6.45) is -2.62. The highest BCUT2D eigenvalue weighted by molar-refractivity contribution is 5.50. The van der Waals surface area contributed by atoms with E-state index in [0.717, 1.165) is 6.07 Å². The Balaban J connectivity index is 2.01. The quantitative estimate of drug-likeness (QED) is 0.660. The van der Waals surface area contributed by atoms with Crippen molar-refractivity contribution >= 4 is 0 Å². The summed E-state index contributed by atoms with van der Waals surface area (Å²) in [6, 6.07) is 2.53. The van der Waals surface area contributed by atoms with E-state index in [1.54, 1.807) is 13.8 Å². The standard InChI is InChI=1S/C16H18N2O5/c1-6-4-8(19)5-9(20)10(6)12-14(21)13(15(12)22)11-7(2)17-18(3)16(11)23/h4-5,12-15,17,19-20H,1-3H3/q-2. The normalized spacial score (nSPS) is 27.0. The van der Waals surface area contributed by atoms with Gasteiger partial charge in [-0.2, -0.15) is 0 Å². The summed E-state index contributed by atoms with van der Waals surface area (Å²) in [6.45, 7) is 3.29. The van der Waals surface area contributed by atoms with Gasteiger partial charge < -0.3 is 20.4 Å². The van der Waals surface area contributed by atoms with Gasteiger partial charge in [0.1, 0.15) is 11.5 Å². The third kappa shape index (κ3) is 2.15. The van der Waals surface area contributed by atoms with Gasteiger partial charge in [0.05, 0.1) is 0 Å². The average molecular weight is 318 g/mol. The predicted molar refractivity (Wildman–Crippen MR) is 78.3 cm³/mol. The highest BCUT2D eigenvalue weighted by Gasteiger charge is 2.42. The van der Waals surface area contributed by atoms with Gasteiger partial charge in [-0.15, -0.1) is 12.2 Å². The molecule has 23 heavy (non-hydrogen) atoms. The Morgan fingerprint density at radius 3 is 2.13 bits per heavy atom. The molecular formula is C16H18N2O5-2. The van der Waals surface area contributed by atoms with E-state index in [4.69, 9.17) is 0 Å². The van der Waals surface area contributed by atoms with Crippen LogP contribution in [0.1, 0.15) is 34.2 Å². The van der Waals surface area contributed by atoms with Crippen molar-refractivity contribution in [2.45, 2.75) is 37.9 Å². The number of H-pyrrole nitrogens is 1. The number of hydrogen-bond donors (Lipinski definition) is 3. The van der Waals surface area contributed by atoms with Crippen molar-refractivity contribution in [1.82, 2.24) is 9.78 Å². The zero-order valence-electron chi connectivity index (χ0n) is 13.0. The number of aryl methyl sites for hydroxylation is 3. The molecule has 0 bridgehead atoms. The second-order valence-electron chi connectivity index (χ2n) is 6.19.